The van der Waals surface area contributed by atoms with Crippen LogP contribution in [0.3, 0.4) is 0 Å². The van der Waals surface area contributed by atoms with Crippen molar-refractivity contribution in [2.75, 3.05) is 0 Å². The van der Waals surface area contributed by atoms with Crippen molar-refractivity contribution in [3.05, 3.63) is 0 Å². The standard InChI is InChI=1S/C21H40O8/c1-12(16(5)26-20(24)28-18(7)14(3)22)10-9-11-13(2)17(6)27-21(25)29-19(8)15(4)23/h12-19,22-23H,9-11H2,1-8H3. The monoisotopic (exact) mass is 420 g/mol. The van der Waals surface area contributed by atoms with Gasteiger partial charge in [0.05, 0.1) is 12.2 Å². The molecule has 0 rings (SSSR count). The number of aliphatic hydroxyl groups excluding tert-OH is 2. The molecule has 8 heteroatoms. The number of carbonyl (C=O) groups excluding carboxylic acids is 2. The van der Waals surface area contributed by atoms with Crippen LogP contribution in [0.25, 0.3) is 0 Å². The summed E-state index contributed by atoms with van der Waals surface area (Å²) in [5.74, 6) is 0.259. The second-order valence-electron chi connectivity index (χ2n) is 8.16. The smallest absolute Gasteiger partial charge is 0.431 e. The summed E-state index contributed by atoms with van der Waals surface area (Å²) < 4.78 is 20.5. The lowest BCUT2D eigenvalue weighted by molar-refractivity contribution is -0.0403. The van der Waals surface area contributed by atoms with Crippen LogP contribution in [0, 0.1) is 11.8 Å². The molecule has 0 aliphatic heterocycles. The lowest BCUT2D eigenvalue weighted by atomic mass is 9.93. The summed E-state index contributed by atoms with van der Waals surface area (Å²) in [7, 11) is 0. The molecule has 8 unspecified atom stereocenters. The van der Waals surface area contributed by atoms with Gasteiger partial charge in [-0.3, -0.25) is 0 Å². The van der Waals surface area contributed by atoms with Crippen LogP contribution in [0.1, 0.15) is 74.7 Å². The number of hydrogen-bond acceptors (Lipinski definition) is 8. The van der Waals surface area contributed by atoms with Crippen LogP contribution in [0.4, 0.5) is 9.59 Å². The van der Waals surface area contributed by atoms with Crippen LogP contribution in [0.15, 0.2) is 0 Å². The van der Waals surface area contributed by atoms with Crippen molar-refractivity contribution in [3.63, 3.8) is 0 Å². The number of carbonyl (C=O) groups is 2. The molecular weight excluding hydrogens is 380 g/mol. The maximum absolute atomic E-state index is 11.7. The van der Waals surface area contributed by atoms with Gasteiger partial charge < -0.3 is 29.2 Å². The van der Waals surface area contributed by atoms with Gasteiger partial charge in [0.15, 0.2) is 0 Å². The van der Waals surface area contributed by atoms with Gasteiger partial charge in [-0.25, -0.2) is 9.59 Å². The van der Waals surface area contributed by atoms with Crippen molar-refractivity contribution in [2.45, 2.75) is 111 Å². The predicted molar refractivity (Wildman–Crippen MR) is 109 cm³/mol. The van der Waals surface area contributed by atoms with Crippen molar-refractivity contribution in [3.8, 4) is 0 Å². The highest BCUT2D eigenvalue weighted by atomic mass is 16.7. The molecule has 0 aromatic carbocycles. The molecule has 29 heavy (non-hydrogen) atoms. The Morgan fingerprint density at radius 2 is 0.862 bits per heavy atom. The Morgan fingerprint density at radius 3 is 1.14 bits per heavy atom. The molecule has 0 heterocycles. The van der Waals surface area contributed by atoms with Crippen LogP contribution < -0.4 is 0 Å². The fourth-order valence-corrected chi connectivity index (χ4v) is 2.32. The average Bonchev–Trinajstić information content (AvgIpc) is 2.60. The van der Waals surface area contributed by atoms with Crippen molar-refractivity contribution in [1.82, 2.24) is 0 Å². The minimum Gasteiger partial charge on any atom is -0.431 e. The van der Waals surface area contributed by atoms with E-state index < -0.39 is 36.7 Å². The fourth-order valence-electron chi connectivity index (χ4n) is 2.32. The molecule has 8 nitrogen and oxygen atoms in total. The van der Waals surface area contributed by atoms with E-state index in [0.717, 1.165) is 19.3 Å². The summed E-state index contributed by atoms with van der Waals surface area (Å²) in [5, 5.41) is 18.7. The van der Waals surface area contributed by atoms with Crippen LogP contribution in [0.2, 0.25) is 0 Å². The SMILES string of the molecule is CC(O)C(C)OC(=O)OC(C)C(C)CCCC(C)C(C)OC(=O)OC(C)C(C)O. The summed E-state index contributed by atoms with van der Waals surface area (Å²) in [4.78, 5) is 23.5. The summed E-state index contributed by atoms with van der Waals surface area (Å²) in [6.07, 6.45) is -2.40. The second kappa shape index (κ2) is 13.6. The van der Waals surface area contributed by atoms with E-state index in [-0.39, 0.29) is 24.0 Å². The van der Waals surface area contributed by atoms with Gasteiger partial charge in [-0.1, -0.05) is 20.3 Å². The van der Waals surface area contributed by atoms with Gasteiger partial charge in [-0.15, -0.1) is 0 Å². The molecule has 172 valence electrons. The van der Waals surface area contributed by atoms with E-state index in [2.05, 4.69) is 0 Å². The summed E-state index contributed by atoms with van der Waals surface area (Å²) in [5.41, 5.74) is 0. The highest BCUT2D eigenvalue weighted by Crippen LogP contribution is 2.21. The first-order valence-electron chi connectivity index (χ1n) is 10.5. The molecule has 0 saturated heterocycles. The normalized spacial score (nSPS) is 19.7. The first-order valence-corrected chi connectivity index (χ1v) is 10.5. The van der Waals surface area contributed by atoms with Crippen LogP contribution in [-0.2, 0) is 18.9 Å². The number of ether oxygens (including phenoxy) is 4. The summed E-state index contributed by atoms with van der Waals surface area (Å²) in [6.45, 7) is 13.9. The molecule has 0 amide bonds. The Bertz CT molecular complexity index is 437. The molecule has 0 spiro atoms. The third-order valence-corrected chi connectivity index (χ3v) is 5.41. The molecule has 0 radical (unpaired) electrons. The Hall–Kier alpha value is -1.54. The zero-order chi connectivity index (χ0) is 22.7. The van der Waals surface area contributed by atoms with E-state index in [1.807, 2.05) is 27.7 Å². The molecule has 0 aliphatic carbocycles. The molecule has 0 aromatic rings. The summed E-state index contributed by atoms with van der Waals surface area (Å²) >= 11 is 0. The van der Waals surface area contributed by atoms with E-state index in [4.69, 9.17) is 18.9 Å². The van der Waals surface area contributed by atoms with E-state index in [0.29, 0.717) is 0 Å². The Morgan fingerprint density at radius 1 is 0.586 bits per heavy atom. The van der Waals surface area contributed by atoms with E-state index in [1.165, 1.54) is 0 Å². The number of rotatable bonds is 12. The second-order valence-corrected chi connectivity index (χ2v) is 8.16. The third-order valence-electron chi connectivity index (χ3n) is 5.41. The predicted octanol–water partition coefficient (Wildman–Crippen LogP) is 4.05. The molecule has 0 aliphatic rings. The maximum Gasteiger partial charge on any atom is 0.508 e. The first-order chi connectivity index (χ1) is 13.3. The van der Waals surface area contributed by atoms with Crippen LogP contribution in [-0.4, -0.2) is 59.1 Å². The maximum atomic E-state index is 11.7. The lowest BCUT2D eigenvalue weighted by Gasteiger charge is -2.24. The van der Waals surface area contributed by atoms with E-state index in [9.17, 15) is 19.8 Å². The number of aliphatic hydroxyl groups is 2. The fraction of sp³-hybridized carbons (Fsp3) is 0.905. The third kappa shape index (κ3) is 11.9. The van der Waals surface area contributed by atoms with Crippen LogP contribution >= 0.6 is 0 Å². The number of hydrogen-bond donors (Lipinski definition) is 2. The summed E-state index contributed by atoms with van der Waals surface area (Å²) in [6, 6.07) is 0. The van der Waals surface area contributed by atoms with Crippen molar-refractivity contribution in [2.24, 2.45) is 11.8 Å². The van der Waals surface area contributed by atoms with Crippen molar-refractivity contribution >= 4 is 12.3 Å². The zero-order valence-corrected chi connectivity index (χ0v) is 19.1. The van der Waals surface area contributed by atoms with Gasteiger partial charge in [0.25, 0.3) is 0 Å². The lowest BCUT2D eigenvalue weighted by Crippen LogP contribution is -2.30. The largest absolute Gasteiger partial charge is 0.508 e. The molecule has 0 aromatic heterocycles. The van der Waals surface area contributed by atoms with Gasteiger partial charge in [0.1, 0.15) is 24.4 Å². The molecule has 0 bridgehead atoms. The van der Waals surface area contributed by atoms with Gasteiger partial charge in [-0.2, -0.15) is 0 Å². The average molecular weight is 421 g/mol. The van der Waals surface area contributed by atoms with Gasteiger partial charge >= 0.3 is 12.3 Å². The van der Waals surface area contributed by atoms with Crippen LogP contribution in [0.5, 0.6) is 0 Å². The van der Waals surface area contributed by atoms with Crippen molar-refractivity contribution < 1.29 is 38.7 Å². The molecule has 2 N–H and O–H groups in total. The topological polar surface area (TPSA) is 112 Å². The molecular formula is C21H40O8. The quantitative estimate of drug-likeness (QED) is 0.455. The Balaban J connectivity index is 4.19. The van der Waals surface area contributed by atoms with E-state index in [1.54, 1.807) is 27.7 Å². The highest BCUT2D eigenvalue weighted by molar-refractivity contribution is 5.60. The molecule has 0 fully saturated rings. The van der Waals surface area contributed by atoms with Crippen molar-refractivity contribution in [1.29, 1.82) is 0 Å². The van der Waals surface area contributed by atoms with Gasteiger partial charge in [0, 0.05) is 0 Å². The first kappa shape index (κ1) is 27.5. The minimum atomic E-state index is -0.780. The molecule has 0 saturated carbocycles. The Labute approximate surface area is 174 Å². The zero-order valence-electron chi connectivity index (χ0n) is 19.1. The highest BCUT2D eigenvalue weighted by Gasteiger charge is 2.23. The minimum absolute atomic E-state index is 0.129. The van der Waals surface area contributed by atoms with Gasteiger partial charge in [0.2, 0.25) is 0 Å². The van der Waals surface area contributed by atoms with E-state index >= 15 is 0 Å². The molecule has 8 atom stereocenters. The van der Waals surface area contributed by atoms with Gasteiger partial charge in [-0.05, 0) is 66.2 Å². The Kier molecular flexibility index (Phi) is 12.9.